The van der Waals surface area contributed by atoms with Crippen molar-refractivity contribution < 1.29 is 19.7 Å². The quantitative estimate of drug-likeness (QED) is 0.570. The van der Waals surface area contributed by atoms with Crippen LogP contribution in [0.1, 0.15) is 43.2 Å². The van der Waals surface area contributed by atoms with Crippen LogP contribution < -0.4 is 9.47 Å². The minimum atomic E-state index is -0.708. The Balaban J connectivity index is 1.69. The minimum absolute atomic E-state index is 0.199. The summed E-state index contributed by atoms with van der Waals surface area (Å²) in [5.41, 5.74) is 2.45. The molecular weight excluding hydrogens is 390 g/mol. The van der Waals surface area contributed by atoms with E-state index in [1.54, 1.807) is 14.2 Å². The zero-order valence-corrected chi connectivity index (χ0v) is 18.9. The summed E-state index contributed by atoms with van der Waals surface area (Å²) in [6.45, 7) is 0.318. The summed E-state index contributed by atoms with van der Waals surface area (Å²) in [7, 11) is 3.44. The molecule has 0 amide bonds. The third-order valence-corrected chi connectivity index (χ3v) is 6.52. The first-order chi connectivity index (χ1) is 15.2. The number of nitrogens with zero attached hydrogens (tertiary/aromatic N) is 1. The van der Waals surface area contributed by atoms with Crippen molar-refractivity contribution >= 4 is 0 Å². The molecule has 31 heavy (non-hydrogen) atoms. The number of para-hydroxylation sites is 2. The Hall–Kier alpha value is -2.08. The van der Waals surface area contributed by atoms with E-state index >= 15 is 0 Å². The Labute approximate surface area is 186 Å². The Morgan fingerprint density at radius 3 is 1.81 bits per heavy atom. The van der Waals surface area contributed by atoms with E-state index in [9.17, 15) is 10.2 Å². The van der Waals surface area contributed by atoms with Gasteiger partial charge in [-0.1, -0.05) is 42.8 Å². The van der Waals surface area contributed by atoms with Crippen LogP contribution >= 0.6 is 0 Å². The average Bonchev–Trinajstić information content (AvgIpc) is 2.82. The van der Waals surface area contributed by atoms with Gasteiger partial charge in [0.25, 0.3) is 0 Å². The van der Waals surface area contributed by atoms with Crippen LogP contribution in [0.25, 0.3) is 0 Å². The lowest BCUT2D eigenvalue weighted by Crippen LogP contribution is -2.50. The van der Waals surface area contributed by atoms with Crippen molar-refractivity contribution in [2.45, 2.75) is 63.1 Å². The number of piperidine rings is 1. The van der Waals surface area contributed by atoms with E-state index in [4.69, 9.17) is 9.47 Å². The molecule has 3 rings (SSSR count). The molecule has 3 atom stereocenters. The molecule has 170 valence electrons. The number of rotatable bonds is 11. The molecule has 0 unspecified atom stereocenters. The molecule has 2 aromatic carbocycles. The van der Waals surface area contributed by atoms with Gasteiger partial charge < -0.3 is 19.7 Å². The molecule has 1 aliphatic heterocycles. The summed E-state index contributed by atoms with van der Waals surface area (Å²) in [5, 5.41) is 19.7. The van der Waals surface area contributed by atoms with E-state index in [1.165, 1.54) is 17.5 Å². The molecule has 1 fully saturated rings. The van der Waals surface area contributed by atoms with Gasteiger partial charge in [-0.05, 0) is 61.8 Å². The van der Waals surface area contributed by atoms with Gasteiger partial charge in [-0.15, -0.1) is 0 Å². The number of benzene rings is 2. The first kappa shape index (κ1) is 23.6. The van der Waals surface area contributed by atoms with Crippen molar-refractivity contribution in [3.8, 4) is 11.5 Å². The van der Waals surface area contributed by atoms with Gasteiger partial charge in [0.05, 0.1) is 26.9 Å². The Bertz CT molecular complexity index is 737. The smallest absolute Gasteiger partial charge is 0.122 e. The second-order valence-corrected chi connectivity index (χ2v) is 8.47. The molecule has 2 aromatic rings. The zero-order valence-electron chi connectivity index (χ0n) is 18.9. The van der Waals surface area contributed by atoms with Gasteiger partial charge in [0.1, 0.15) is 11.5 Å². The van der Waals surface area contributed by atoms with Gasteiger partial charge in [-0.2, -0.15) is 0 Å². The fraction of sp³-hybridized carbons (Fsp3) is 0.538. The molecule has 0 radical (unpaired) electrons. The van der Waals surface area contributed by atoms with Gasteiger partial charge in [-0.3, -0.25) is 4.90 Å². The van der Waals surface area contributed by atoms with E-state index in [1.807, 2.05) is 24.3 Å². The number of aliphatic hydroxyl groups is 2. The van der Waals surface area contributed by atoms with Crippen LogP contribution in [0.3, 0.4) is 0 Å². The summed E-state index contributed by atoms with van der Waals surface area (Å²) in [6.07, 6.45) is 6.66. The summed E-state index contributed by atoms with van der Waals surface area (Å²) >= 11 is 0. The van der Waals surface area contributed by atoms with Gasteiger partial charge in [-0.25, -0.2) is 0 Å². The molecule has 0 aliphatic carbocycles. The first-order valence-corrected chi connectivity index (χ1v) is 11.4. The highest BCUT2D eigenvalue weighted by Crippen LogP contribution is 2.31. The number of methoxy groups -OCH3 is 2. The molecule has 5 heteroatoms. The fourth-order valence-corrected chi connectivity index (χ4v) is 4.90. The van der Waals surface area contributed by atoms with Crippen molar-refractivity contribution in [2.24, 2.45) is 0 Å². The largest absolute Gasteiger partial charge is 0.496 e. The van der Waals surface area contributed by atoms with Crippen LogP contribution in [0, 0.1) is 0 Å². The maximum atomic E-state index is 10.2. The average molecular weight is 428 g/mol. The number of β-amino-alcohol motifs (C(OH)–C–C–N with tert-alkyl or cyclic N) is 1. The molecular formula is C26H37NO4. The van der Waals surface area contributed by atoms with Gasteiger partial charge in [0, 0.05) is 18.6 Å². The molecule has 1 saturated heterocycles. The summed E-state index contributed by atoms with van der Waals surface area (Å²) in [4.78, 5) is 2.45. The van der Waals surface area contributed by atoms with Crippen molar-refractivity contribution in [3.05, 3.63) is 59.7 Å². The highest BCUT2D eigenvalue weighted by Gasteiger charge is 2.31. The number of aryl methyl sites for hydroxylation is 2. The third kappa shape index (κ3) is 6.45. The van der Waals surface area contributed by atoms with Gasteiger partial charge >= 0.3 is 0 Å². The number of ether oxygens (including phenoxy) is 2. The summed E-state index contributed by atoms with van der Waals surface area (Å²) < 4.78 is 11.1. The van der Waals surface area contributed by atoms with Crippen molar-refractivity contribution in [2.75, 3.05) is 27.4 Å². The standard InChI is InChI=1S/C26H37NO4/c1-30-25-12-5-3-8-20(25)14-16-22-10-7-11-23(27(22)18-24(29)19-28)17-15-21-9-4-6-13-26(21)31-2/h3-6,8-9,12-13,22-24,28-29H,7,10-11,14-19H2,1-2H3/t22-,23+,24-/m0/s1. The topological polar surface area (TPSA) is 62.2 Å². The van der Waals surface area contributed by atoms with Crippen LogP contribution in [0.15, 0.2) is 48.5 Å². The van der Waals surface area contributed by atoms with E-state index in [0.29, 0.717) is 18.6 Å². The summed E-state index contributed by atoms with van der Waals surface area (Å²) in [5.74, 6) is 1.88. The molecule has 5 nitrogen and oxygen atoms in total. The molecule has 1 aliphatic rings. The first-order valence-electron chi connectivity index (χ1n) is 11.4. The zero-order chi connectivity index (χ0) is 22.1. The molecule has 0 bridgehead atoms. The van der Waals surface area contributed by atoms with Crippen molar-refractivity contribution in [1.29, 1.82) is 0 Å². The molecule has 1 heterocycles. The Kier molecular flexibility index (Phi) is 9.19. The molecule has 0 spiro atoms. The maximum Gasteiger partial charge on any atom is 0.122 e. The van der Waals surface area contributed by atoms with Gasteiger partial charge in [0.15, 0.2) is 0 Å². The second-order valence-electron chi connectivity index (χ2n) is 8.47. The number of hydrogen-bond acceptors (Lipinski definition) is 5. The predicted molar refractivity (Wildman–Crippen MR) is 124 cm³/mol. The monoisotopic (exact) mass is 427 g/mol. The lowest BCUT2D eigenvalue weighted by Gasteiger charge is -2.43. The lowest BCUT2D eigenvalue weighted by molar-refractivity contribution is 0.00208. The van der Waals surface area contributed by atoms with Crippen LogP contribution in [0.5, 0.6) is 11.5 Å². The highest BCUT2D eigenvalue weighted by atomic mass is 16.5. The summed E-state index contributed by atoms with van der Waals surface area (Å²) in [6, 6.07) is 17.2. The molecule has 0 saturated carbocycles. The van der Waals surface area contributed by atoms with E-state index in [0.717, 1.165) is 50.0 Å². The normalized spacial score (nSPS) is 20.4. The SMILES string of the molecule is COc1ccccc1CC[C@H]1CCC[C@@H](CCc2ccccc2OC)N1C[C@H](O)CO. The van der Waals surface area contributed by atoms with E-state index in [2.05, 4.69) is 29.2 Å². The van der Waals surface area contributed by atoms with Crippen molar-refractivity contribution in [1.82, 2.24) is 4.90 Å². The molecule has 0 aromatic heterocycles. The lowest BCUT2D eigenvalue weighted by atomic mass is 9.88. The molecule has 2 N–H and O–H groups in total. The van der Waals surface area contributed by atoms with E-state index in [-0.39, 0.29) is 6.61 Å². The number of likely N-dealkylation sites (tertiary alicyclic amines) is 1. The third-order valence-electron chi connectivity index (χ3n) is 6.52. The highest BCUT2D eigenvalue weighted by molar-refractivity contribution is 5.34. The van der Waals surface area contributed by atoms with Gasteiger partial charge in [0.2, 0.25) is 0 Å². The Morgan fingerprint density at radius 2 is 1.35 bits per heavy atom. The van der Waals surface area contributed by atoms with Crippen LogP contribution in [0.2, 0.25) is 0 Å². The fourth-order valence-electron chi connectivity index (χ4n) is 4.90. The van der Waals surface area contributed by atoms with Crippen LogP contribution in [0.4, 0.5) is 0 Å². The van der Waals surface area contributed by atoms with E-state index < -0.39 is 6.10 Å². The number of hydrogen-bond donors (Lipinski definition) is 2. The van der Waals surface area contributed by atoms with Crippen molar-refractivity contribution in [3.63, 3.8) is 0 Å². The maximum absolute atomic E-state index is 10.2. The second kappa shape index (κ2) is 12.1. The van der Waals surface area contributed by atoms with Crippen LogP contribution in [-0.2, 0) is 12.8 Å². The van der Waals surface area contributed by atoms with Crippen LogP contribution in [-0.4, -0.2) is 60.7 Å². The Morgan fingerprint density at radius 1 is 0.871 bits per heavy atom. The predicted octanol–water partition coefficient (Wildman–Crippen LogP) is 3.85. The minimum Gasteiger partial charge on any atom is -0.496 e. The number of aliphatic hydroxyl groups excluding tert-OH is 2.